The second-order valence-electron chi connectivity index (χ2n) is 7.52. The summed E-state index contributed by atoms with van der Waals surface area (Å²) in [5.74, 6) is -3.00. The van der Waals surface area contributed by atoms with Gasteiger partial charge in [0.15, 0.2) is 12.4 Å². The molecule has 1 unspecified atom stereocenters. The number of carboxylic acid groups (broad SMARTS) is 1. The minimum absolute atomic E-state index is 0.257. The maximum absolute atomic E-state index is 11.9. The molecule has 1 rings (SSSR count). The number of hydrogen-bond donors (Lipinski definition) is 0. The Kier molecular flexibility index (Phi) is 12.5. The van der Waals surface area contributed by atoms with Gasteiger partial charge in [-0.1, -0.05) is 77.6 Å². The third-order valence-corrected chi connectivity index (χ3v) is 5.02. The fraction of sp³-hybridized carbons (Fsp3) is 0.857. The molecule has 0 aromatic heterocycles. The summed E-state index contributed by atoms with van der Waals surface area (Å²) in [5, 5.41) is 10.8. The third-order valence-electron chi connectivity index (χ3n) is 5.02. The van der Waals surface area contributed by atoms with Crippen molar-refractivity contribution < 1.29 is 33.7 Å². The number of carbonyl (C=O) groups is 3. The molecule has 0 bridgehead atoms. The van der Waals surface area contributed by atoms with E-state index in [1.807, 2.05) is 0 Å². The Morgan fingerprint density at radius 2 is 1.46 bits per heavy atom. The van der Waals surface area contributed by atoms with E-state index in [-0.39, 0.29) is 13.4 Å². The Morgan fingerprint density at radius 1 is 0.929 bits per heavy atom. The molecule has 0 aromatic rings. The van der Waals surface area contributed by atoms with Crippen molar-refractivity contribution in [2.24, 2.45) is 0 Å². The lowest BCUT2D eigenvalue weighted by molar-refractivity contribution is -0.309. The first-order chi connectivity index (χ1) is 13.5. The average molecular weight is 400 g/mol. The molecule has 1 fully saturated rings. The van der Waals surface area contributed by atoms with Crippen LogP contribution in [0.5, 0.6) is 0 Å². The van der Waals surface area contributed by atoms with Gasteiger partial charge in [-0.3, -0.25) is 4.79 Å². The van der Waals surface area contributed by atoms with Crippen LogP contribution in [0.4, 0.5) is 0 Å². The predicted octanol–water partition coefficient (Wildman–Crippen LogP) is 3.03. The zero-order chi connectivity index (χ0) is 20.7. The van der Waals surface area contributed by atoms with Gasteiger partial charge in [0.05, 0.1) is 13.0 Å². The highest BCUT2D eigenvalue weighted by atomic mass is 16.7. The summed E-state index contributed by atoms with van der Waals surface area (Å²) in [5.41, 5.74) is -1.81. The largest absolute Gasteiger partial charge is 0.550 e. The predicted molar refractivity (Wildman–Crippen MR) is 101 cm³/mol. The molecule has 162 valence electrons. The Morgan fingerprint density at radius 3 is 1.93 bits per heavy atom. The van der Waals surface area contributed by atoms with Crippen LogP contribution in [0.25, 0.3) is 0 Å². The van der Waals surface area contributed by atoms with Gasteiger partial charge in [0.25, 0.3) is 0 Å². The van der Waals surface area contributed by atoms with Crippen molar-refractivity contribution in [2.75, 3.05) is 13.4 Å². The number of carboxylic acids is 1. The van der Waals surface area contributed by atoms with E-state index >= 15 is 0 Å². The Hall–Kier alpha value is -1.63. The van der Waals surface area contributed by atoms with E-state index < -0.39 is 36.4 Å². The SMILES string of the molecule is CCCCCCCCCCCCCCOC(=O)CC1(CC(=O)[O-])OCOC1=O. The summed E-state index contributed by atoms with van der Waals surface area (Å²) in [4.78, 5) is 34.4. The topological polar surface area (TPSA) is 102 Å². The first kappa shape index (κ1) is 24.4. The van der Waals surface area contributed by atoms with E-state index in [0.29, 0.717) is 0 Å². The molecular formula is C21H35O7-. The Labute approximate surface area is 168 Å². The van der Waals surface area contributed by atoms with E-state index in [9.17, 15) is 19.5 Å². The highest BCUT2D eigenvalue weighted by molar-refractivity contribution is 5.90. The number of carbonyl (C=O) groups excluding carboxylic acids is 3. The van der Waals surface area contributed by atoms with Crippen molar-refractivity contribution in [1.29, 1.82) is 0 Å². The smallest absolute Gasteiger partial charge is 0.341 e. The van der Waals surface area contributed by atoms with Crippen molar-refractivity contribution >= 4 is 17.9 Å². The first-order valence-corrected chi connectivity index (χ1v) is 10.7. The molecule has 7 nitrogen and oxygen atoms in total. The van der Waals surface area contributed by atoms with Crippen LogP contribution in [0.1, 0.15) is 96.8 Å². The monoisotopic (exact) mass is 399 g/mol. The molecule has 28 heavy (non-hydrogen) atoms. The summed E-state index contributed by atoms with van der Waals surface area (Å²) in [6.45, 7) is 2.12. The number of hydrogen-bond acceptors (Lipinski definition) is 7. The second kappa shape index (κ2) is 14.4. The minimum atomic E-state index is -1.81. The molecular weight excluding hydrogens is 364 g/mol. The van der Waals surface area contributed by atoms with Crippen LogP contribution in [0.15, 0.2) is 0 Å². The van der Waals surface area contributed by atoms with Crippen LogP contribution in [-0.2, 0) is 28.6 Å². The molecule has 1 aliphatic heterocycles. The van der Waals surface area contributed by atoms with Gasteiger partial charge in [-0.15, -0.1) is 0 Å². The molecule has 7 heteroatoms. The lowest BCUT2D eigenvalue weighted by Gasteiger charge is -2.22. The zero-order valence-electron chi connectivity index (χ0n) is 17.2. The lowest BCUT2D eigenvalue weighted by Crippen LogP contribution is -2.44. The van der Waals surface area contributed by atoms with Gasteiger partial charge >= 0.3 is 11.9 Å². The Bertz CT molecular complexity index is 477. The van der Waals surface area contributed by atoms with Gasteiger partial charge in [-0.25, -0.2) is 4.79 Å². The van der Waals surface area contributed by atoms with E-state index in [1.165, 1.54) is 57.8 Å². The number of esters is 2. The molecule has 1 aliphatic rings. The number of unbranched alkanes of at least 4 members (excludes halogenated alkanes) is 11. The number of aliphatic carboxylic acids is 1. The highest BCUT2D eigenvalue weighted by Gasteiger charge is 2.48. The van der Waals surface area contributed by atoms with Crippen LogP contribution >= 0.6 is 0 Å². The minimum Gasteiger partial charge on any atom is -0.550 e. The van der Waals surface area contributed by atoms with Gasteiger partial charge in [-0.2, -0.15) is 0 Å². The summed E-state index contributed by atoms with van der Waals surface area (Å²) in [6, 6.07) is 0. The van der Waals surface area contributed by atoms with Crippen LogP contribution in [-0.4, -0.2) is 36.9 Å². The van der Waals surface area contributed by atoms with Crippen molar-refractivity contribution in [3.63, 3.8) is 0 Å². The summed E-state index contributed by atoms with van der Waals surface area (Å²) < 4.78 is 14.8. The van der Waals surface area contributed by atoms with Crippen LogP contribution in [0, 0.1) is 0 Å². The molecule has 1 saturated heterocycles. The summed E-state index contributed by atoms with van der Waals surface area (Å²) in [6.07, 6.45) is 13.4. The van der Waals surface area contributed by atoms with Gasteiger partial charge in [0, 0.05) is 12.4 Å². The average Bonchev–Trinajstić information content (AvgIpc) is 2.98. The second-order valence-corrected chi connectivity index (χ2v) is 7.52. The zero-order valence-corrected chi connectivity index (χ0v) is 17.2. The van der Waals surface area contributed by atoms with E-state index in [0.717, 1.165) is 19.3 Å². The number of rotatable bonds is 17. The highest BCUT2D eigenvalue weighted by Crippen LogP contribution is 2.28. The molecule has 1 heterocycles. The molecule has 0 N–H and O–H groups in total. The maximum Gasteiger partial charge on any atom is 0.341 e. The quantitative estimate of drug-likeness (QED) is 0.274. The van der Waals surface area contributed by atoms with Gasteiger partial charge < -0.3 is 24.1 Å². The maximum atomic E-state index is 11.9. The molecule has 0 radical (unpaired) electrons. The normalized spacial score (nSPS) is 18.8. The number of ether oxygens (including phenoxy) is 3. The van der Waals surface area contributed by atoms with Crippen molar-refractivity contribution in [1.82, 2.24) is 0 Å². The van der Waals surface area contributed by atoms with Crippen LogP contribution in [0.2, 0.25) is 0 Å². The van der Waals surface area contributed by atoms with Gasteiger partial charge in [-0.05, 0) is 6.42 Å². The first-order valence-electron chi connectivity index (χ1n) is 10.7. The summed E-state index contributed by atoms with van der Waals surface area (Å²) >= 11 is 0. The van der Waals surface area contributed by atoms with Crippen LogP contribution in [0.3, 0.4) is 0 Å². The van der Waals surface area contributed by atoms with Gasteiger partial charge in [0.2, 0.25) is 0 Å². The molecule has 1 atom stereocenters. The van der Waals surface area contributed by atoms with Crippen molar-refractivity contribution in [2.45, 2.75) is 102 Å². The van der Waals surface area contributed by atoms with Crippen LogP contribution < -0.4 is 5.11 Å². The molecule has 0 aromatic carbocycles. The van der Waals surface area contributed by atoms with E-state index in [1.54, 1.807) is 0 Å². The number of cyclic esters (lactones) is 1. The Balaban J connectivity index is 2.02. The molecule has 0 aliphatic carbocycles. The third kappa shape index (κ3) is 10.1. The van der Waals surface area contributed by atoms with E-state index in [2.05, 4.69) is 11.7 Å². The molecule has 0 amide bonds. The lowest BCUT2D eigenvalue weighted by atomic mass is 9.96. The summed E-state index contributed by atoms with van der Waals surface area (Å²) in [7, 11) is 0. The molecule has 0 spiro atoms. The van der Waals surface area contributed by atoms with Gasteiger partial charge in [0.1, 0.15) is 0 Å². The van der Waals surface area contributed by atoms with E-state index in [4.69, 9.17) is 9.47 Å². The van der Waals surface area contributed by atoms with Crippen molar-refractivity contribution in [3.05, 3.63) is 0 Å². The fourth-order valence-corrected chi connectivity index (χ4v) is 3.34. The standard InChI is InChI=1S/C21H36O7/c1-2-3-4-5-6-7-8-9-10-11-12-13-14-26-19(24)16-21(15-18(22)23)20(25)27-17-28-21/h2-17H2,1H3,(H,22,23)/p-1. The van der Waals surface area contributed by atoms with Crippen molar-refractivity contribution in [3.8, 4) is 0 Å². The molecule has 0 saturated carbocycles. The fourth-order valence-electron chi connectivity index (χ4n) is 3.34.